The van der Waals surface area contributed by atoms with Crippen LogP contribution >= 0.6 is 11.6 Å². The van der Waals surface area contributed by atoms with Gasteiger partial charge in [-0.15, -0.1) is 0 Å². The number of para-hydroxylation sites is 1. The van der Waals surface area contributed by atoms with Crippen molar-refractivity contribution in [3.8, 4) is 5.75 Å². The molecule has 1 amide bonds. The molecular weight excluding hydrogens is 432 g/mol. The van der Waals surface area contributed by atoms with Gasteiger partial charge in [0.05, 0.1) is 19.3 Å². The van der Waals surface area contributed by atoms with E-state index in [1.165, 1.54) is 11.1 Å². The van der Waals surface area contributed by atoms with Crippen LogP contribution in [-0.4, -0.2) is 24.2 Å². The van der Waals surface area contributed by atoms with Crippen LogP contribution in [0.25, 0.3) is 0 Å². The van der Waals surface area contributed by atoms with Crippen LogP contribution in [0.5, 0.6) is 5.75 Å². The fraction of sp³-hybridized carbons (Fsp3) is 0.286. The molecule has 0 radical (unpaired) electrons. The fourth-order valence-electron chi connectivity index (χ4n) is 4.36. The van der Waals surface area contributed by atoms with Crippen LogP contribution < -0.4 is 9.64 Å². The average molecular weight is 461 g/mol. The molecule has 1 aliphatic rings. The molecule has 0 bridgehead atoms. The highest BCUT2D eigenvalue weighted by Gasteiger charge is 2.31. The van der Waals surface area contributed by atoms with E-state index in [0.29, 0.717) is 18.1 Å². The first-order valence-corrected chi connectivity index (χ1v) is 11.8. The van der Waals surface area contributed by atoms with Crippen molar-refractivity contribution in [2.24, 2.45) is 4.99 Å². The maximum absolute atomic E-state index is 13.8. The van der Waals surface area contributed by atoms with Gasteiger partial charge in [0.1, 0.15) is 17.0 Å². The number of ether oxygens (including phenoxy) is 1. The summed E-state index contributed by atoms with van der Waals surface area (Å²) in [4.78, 5) is 20.3. The van der Waals surface area contributed by atoms with E-state index in [4.69, 9.17) is 16.3 Å². The molecule has 0 aliphatic carbocycles. The van der Waals surface area contributed by atoms with Gasteiger partial charge in [0.25, 0.3) is 5.91 Å². The summed E-state index contributed by atoms with van der Waals surface area (Å²) in [5.74, 6) is 0.736. The molecule has 0 N–H and O–H groups in total. The monoisotopic (exact) mass is 460 g/mol. The van der Waals surface area contributed by atoms with Crippen molar-refractivity contribution in [1.29, 1.82) is 0 Å². The SMILES string of the molecule is CCc1ccc(CC2N=C(Cl)c3ccccc3N(Cc3ccc(OC)cc3)C2=O)cc1CC. The molecule has 3 aromatic rings. The Kier molecular flexibility index (Phi) is 7.14. The Bertz CT molecular complexity index is 1170. The van der Waals surface area contributed by atoms with Crippen molar-refractivity contribution >= 4 is 28.4 Å². The Hall–Kier alpha value is -3.11. The zero-order chi connectivity index (χ0) is 23.4. The molecule has 33 heavy (non-hydrogen) atoms. The number of aliphatic imine (C=N–C) groups is 1. The van der Waals surface area contributed by atoms with Crippen LogP contribution in [0.2, 0.25) is 0 Å². The molecule has 3 aromatic carbocycles. The topological polar surface area (TPSA) is 41.9 Å². The summed E-state index contributed by atoms with van der Waals surface area (Å²) in [6.45, 7) is 4.77. The minimum atomic E-state index is -0.583. The van der Waals surface area contributed by atoms with E-state index in [1.807, 2.05) is 53.4 Å². The molecule has 0 saturated carbocycles. The lowest BCUT2D eigenvalue weighted by Crippen LogP contribution is -2.38. The molecule has 0 fully saturated rings. The molecule has 4 rings (SSSR count). The van der Waals surface area contributed by atoms with E-state index < -0.39 is 6.04 Å². The van der Waals surface area contributed by atoms with Crippen LogP contribution in [0.4, 0.5) is 5.69 Å². The lowest BCUT2D eigenvalue weighted by atomic mass is 9.96. The van der Waals surface area contributed by atoms with Gasteiger partial charge in [-0.05, 0) is 59.4 Å². The number of benzodiazepines with no additional fused rings is 1. The predicted octanol–water partition coefficient (Wildman–Crippen LogP) is 5.96. The highest BCUT2D eigenvalue weighted by Crippen LogP contribution is 2.30. The van der Waals surface area contributed by atoms with E-state index in [1.54, 1.807) is 7.11 Å². The normalized spacial score (nSPS) is 15.6. The Balaban J connectivity index is 1.69. The summed E-state index contributed by atoms with van der Waals surface area (Å²) in [6, 6.07) is 21.4. The predicted molar refractivity (Wildman–Crippen MR) is 136 cm³/mol. The summed E-state index contributed by atoms with van der Waals surface area (Å²) >= 11 is 6.65. The molecule has 0 aromatic heterocycles. The Morgan fingerprint density at radius 3 is 2.33 bits per heavy atom. The first-order chi connectivity index (χ1) is 16.0. The largest absolute Gasteiger partial charge is 0.497 e. The molecule has 1 unspecified atom stereocenters. The van der Waals surface area contributed by atoms with E-state index >= 15 is 0 Å². The Labute approximate surface area is 200 Å². The second-order valence-electron chi connectivity index (χ2n) is 8.24. The Morgan fingerprint density at radius 2 is 1.64 bits per heavy atom. The summed E-state index contributed by atoms with van der Waals surface area (Å²) in [6.07, 6.45) is 2.48. The van der Waals surface area contributed by atoms with Crippen LogP contribution in [0.15, 0.2) is 71.7 Å². The second-order valence-corrected chi connectivity index (χ2v) is 8.60. The van der Waals surface area contributed by atoms with Crippen molar-refractivity contribution in [1.82, 2.24) is 0 Å². The van der Waals surface area contributed by atoms with Gasteiger partial charge < -0.3 is 9.64 Å². The number of nitrogens with zero attached hydrogens (tertiary/aromatic N) is 2. The number of hydrogen-bond acceptors (Lipinski definition) is 3. The van der Waals surface area contributed by atoms with Gasteiger partial charge in [-0.3, -0.25) is 9.79 Å². The highest BCUT2D eigenvalue weighted by molar-refractivity contribution is 6.70. The summed E-state index contributed by atoms with van der Waals surface area (Å²) < 4.78 is 5.27. The number of amides is 1. The van der Waals surface area contributed by atoms with Crippen molar-refractivity contribution in [2.45, 2.75) is 45.7 Å². The zero-order valence-corrected chi connectivity index (χ0v) is 20.1. The van der Waals surface area contributed by atoms with Gasteiger partial charge in [0.15, 0.2) is 0 Å². The van der Waals surface area contributed by atoms with E-state index in [2.05, 4.69) is 37.0 Å². The van der Waals surface area contributed by atoms with Crippen LogP contribution in [0.1, 0.15) is 41.7 Å². The van der Waals surface area contributed by atoms with Crippen LogP contribution in [-0.2, 0) is 30.6 Å². The number of carbonyl (C=O) groups excluding carboxylic acids is 1. The van der Waals surface area contributed by atoms with Gasteiger partial charge in [0, 0.05) is 12.0 Å². The lowest BCUT2D eigenvalue weighted by Gasteiger charge is -2.25. The number of anilines is 1. The maximum atomic E-state index is 13.8. The molecular formula is C28H29ClN2O2. The van der Waals surface area contributed by atoms with Gasteiger partial charge in [-0.2, -0.15) is 0 Å². The standard InChI is InChI=1S/C28H29ClN2O2/c1-4-21-13-10-20(16-22(21)5-2)17-25-28(32)31(18-19-11-14-23(33-3)15-12-19)26-9-7-6-8-24(26)27(29)30-25/h6-16,25H,4-5,17-18H2,1-3H3. The third-order valence-electron chi connectivity index (χ3n) is 6.20. The molecule has 0 saturated heterocycles. The minimum Gasteiger partial charge on any atom is -0.497 e. The zero-order valence-electron chi connectivity index (χ0n) is 19.3. The van der Waals surface area contributed by atoms with E-state index in [-0.39, 0.29) is 5.91 Å². The first kappa shape index (κ1) is 23.1. The maximum Gasteiger partial charge on any atom is 0.252 e. The summed E-state index contributed by atoms with van der Waals surface area (Å²) in [5.41, 5.74) is 6.35. The number of carbonyl (C=O) groups is 1. The van der Waals surface area contributed by atoms with Crippen LogP contribution in [0.3, 0.4) is 0 Å². The van der Waals surface area contributed by atoms with Crippen molar-refractivity contribution in [3.05, 3.63) is 94.5 Å². The molecule has 1 atom stereocenters. The third kappa shape index (κ3) is 4.96. The molecule has 5 heteroatoms. The number of aryl methyl sites for hydroxylation is 2. The summed E-state index contributed by atoms with van der Waals surface area (Å²) in [5, 5.41) is 0.377. The quantitative estimate of drug-likeness (QED) is 0.436. The van der Waals surface area contributed by atoms with Crippen molar-refractivity contribution in [3.63, 3.8) is 0 Å². The number of fused-ring (bicyclic) bond motifs is 1. The van der Waals surface area contributed by atoms with Crippen LogP contribution in [0, 0.1) is 0 Å². The van der Waals surface area contributed by atoms with Gasteiger partial charge in [0.2, 0.25) is 0 Å². The molecule has 1 heterocycles. The van der Waals surface area contributed by atoms with Gasteiger partial charge in [-0.1, -0.05) is 67.9 Å². The number of hydrogen-bond donors (Lipinski definition) is 0. The molecule has 1 aliphatic heterocycles. The number of methoxy groups -OCH3 is 1. The molecule has 0 spiro atoms. The first-order valence-electron chi connectivity index (χ1n) is 11.4. The average Bonchev–Trinajstić information content (AvgIpc) is 2.95. The molecule has 4 nitrogen and oxygen atoms in total. The van der Waals surface area contributed by atoms with Gasteiger partial charge >= 0.3 is 0 Å². The highest BCUT2D eigenvalue weighted by atomic mass is 35.5. The van der Waals surface area contributed by atoms with Crippen molar-refractivity contribution in [2.75, 3.05) is 12.0 Å². The lowest BCUT2D eigenvalue weighted by molar-refractivity contribution is -0.119. The van der Waals surface area contributed by atoms with E-state index in [9.17, 15) is 4.79 Å². The third-order valence-corrected chi connectivity index (χ3v) is 6.50. The smallest absolute Gasteiger partial charge is 0.252 e. The number of halogens is 1. The number of rotatable bonds is 7. The summed E-state index contributed by atoms with van der Waals surface area (Å²) in [7, 11) is 1.64. The minimum absolute atomic E-state index is 0.0495. The van der Waals surface area contributed by atoms with Crippen molar-refractivity contribution < 1.29 is 9.53 Å². The molecule has 170 valence electrons. The fourth-order valence-corrected chi connectivity index (χ4v) is 4.63. The van der Waals surface area contributed by atoms with E-state index in [0.717, 1.165) is 41.0 Å². The number of benzene rings is 3. The second kappa shape index (κ2) is 10.2. The van der Waals surface area contributed by atoms with Gasteiger partial charge in [-0.25, -0.2) is 0 Å². The Morgan fingerprint density at radius 1 is 0.939 bits per heavy atom.